The van der Waals surface area contributed by atoms with Crippen LogP contribution in [-0.2, 0) is 17.9 Å². The van der Waals surface area contributed by atoms with Crippen molar-refractivity contribution in [2.24, 2.45) is 0 Å². The molecule has 0 aliphatic heterocycles. The van der Waals surface area contributed by atoms with Gasteiger partial charge in [-0.25, -0.2) is 4.98 Å². The van der Waals surface area contributed by atoms with Crippen molar-refractivity contribution in [3.63, 3.8) is 0 Å². The minimum atomic E-state index is -0.108. The molecule has 2 N–H and O–H groups in total. The summed E-state index contributed by atoms with van der Waals surface area (Å²) in [6.45, 7) is 1.70. The molecule has 1 unspecified atom stereocenters. The molecule has 3 aromatic heterocycles. The van der Waals surface area contributed by atoms with Crippen LogP contribution in [0.3, 0.4) is 0 Å². The van der Waals surface area contributed by atoms with E-state index in [1.54, 1.807) is 35.9 Å². The lowest BCUT2D eigenvalue weighted by Crippen LogP contribution is -3.10. The van der Waals surface area contributed by atoms with E-state index in [9.17, 15) is 4.79 Å². The molecule has 0 saturated carbocycles. The summed E-state index contributed by atoms with van der Waals surface area (Å²) < 4.78 is 5.42. The number of nitrogens with one attached hydrogen (secondary N) is 2. The largest absolute Gasteiger partial charge is 0.463 e. The quantitative estimate of drug-likeness (QED) is 0.635. The van der Waals surface area contributed by atoms with Crippen molar-refractivity contribution < 1.29 is 14.1 Å². The van der Waals surface area contributed by atoms with Crippen molar-refractivity contribution in [3.05, 3.63) is 70.0 Å². The monoisotopic (exact) mass is 362 g/mol. The first-order chi connectivity index (χ1) is 11.7. The molecule has 1 atom stereocenters. The van der Waals surface area contributed by atoms with E-state index in [1.807, 2.05) is 23.6 Å². The van der Waals surface area contributed by atoms with Gasteiger partial charge in [-0.05, 0) is 35.7 Å². The highest BCUT2D eigenvalue weighted by atomic mass is 35.5. The minimum Gasteiger partial charge on any atom is -0.463 e. The lowest BCUT2D eigenvalue weighted by Gasteiger charge is -2.17. The fourth-order valence-corrected chi connectivity index (χ4v) is 3.35. The van der Waals surface area contributed by atoms with Crippen molar-refractivity contribution >= 4 is 34.5 Å². The zero-order valence-electron chi connectivity index (χ0n) is 12.9. The standard InChI is InChI=1S/C17H16ClN3O2S/c18-17-15(6-1-7-19-17)20-16(22)12-21(10-13-4-2-8-23-13)11-14-5-3-9-24-14/h1-9H,10-12H2,(H,20,22)/p+1. The van der Waals surface area contributed by atoms with Gasteiger partial charge in [-0.15, -0.1) is 11.3 Å². The lowest BCUT2D eigenvalue weighted by molar-refractivity contribution is -0.920. The van der Waals surface area contributed by atoms with Gasteiger partial charge < -0.3 is 14.6 Å². The van der Waals surface area contributed by atoms with Crippen molar-refractivity contribution in [3.8, 4) is 0 Å². The van der Waals surface area contributed by atoms with Gasteiger partial charge in [0, 0.05) is 6.20 Å². The first-order valence-corrected chi connectivity index (χ1v) is 8.75. The van der Waals surface area contributed by atoms with E-state index in [0.29, 0.717) is 18.8 Å². The molecule has 0 aromatic carbocycles. The van der Waals surface area contributed by atoms with Crippen LogP contribution in [0.2, 0.25) is 5.15 Å². The number of hydrogen-bond donors (Lipinski definition) is 2. The number of halogens is 1. The van der Waals surface area contributed by atoms with Crippen LogP contribution in [-0.4, -0.2) is 17.4 Å². The fourth-order valence-electron chi connectivity index (χ4n) is 2.41. The average Bonchev–Trinajstić information content (AvgIpc) is 3.23. The summed E-state index contributed by atoms with van der Waals surface area (Å²) in [7, 11) is 0. The SMILES string of the molecule is O=C(C[NH+](Cc1ccco1)Cc1cccs1)Nc1cccnc1Cl. The van der Waals surface area contributed by atoms with Crippen LogP contribution in [0.15, 0.2) is 58.7 Å². The molecule has 0 bridgehead atoms. The number of furan rings is 1. The second kappa shape index (κ2) is 8.10. The van der Waals surface area contributed by atoms with Gasteiger partial charge in [0.05, 0.1) is 16.8 Å². The van der Waals surface area contributed by atoms with Crippen LogP contribution in [0.5, 0.6) is 0 Å². The smallest absolute Gasteiger partial charge is 0.279 e. The number of carbonyl (C=O) groups excluding carboxylic acids is 1. The van der Waals surface area contributed by atoms with E-state index in [2.05, 4.69) is 16.4 Å². The number of nitrogens with zero attached hydrogens (tertiary/aromatic N) is 1. The molecule has 0 spiro atoms. The van der Waals surface area contributed by atoms with E-state index < -0.39 is 0 Å². The Balaban J connectivity index is 1.66. The van der Waals surface area contributed by atoms with Crippen LogP contribution < -0.4 is 10.2 Å². The first kappa shape index (κ1) is 16.7. The Morgan fingerprint density at radius 1 is 1.25 bits per heavy atom. The van der Waals surface area contributed by atoms with Gasteiger partial charge in [-0.3, -0.25) is 4.79 Å². The third kappa shape index (κ3) is 4.67. The molecule has 7 heteroatoms. The Morgan fingerprint density at radius 3 is 2.88 bits per heavy atom. The van der Waals surface area contributed by atoms with E-state index in [4.69, 9.17) is 16.0 Å². The Morgan fingerprint density at radius 2 is 2.17 bits per heavy atom. The van der Waals surface area contributed by atoms with Gasteiger partial charge in [-0.1, -0.05) is 17.7 Å². The zero-order chi connectivity index (χ0) is 16.8. The van der Waals surface area contributed by atoms with E-state index in [0.717, 1.165) is 17.2 Å². The molecular weight excluding hydrogens is 346 g/mol. The summed E-state index contributed by atoms with van der Waals surface area (Å²) in [5.41, 5.74) is 0.526. The maximum Gasteiger partial charge on any atom is 0.279 e. The Labute approximate surface area is 148 Å². The van der Waals surface area contributed by atoms with Gasteiger partial charge in [0.2, 0.25) is 0 Å². The molecule has 0 aliphatic carbocycles. The third-order valence-corrected chi connectivity index (χ3v) is 4.63. The number of hydrogen-bond acceptors (Lipinski definition) is 4. The van der Waals surface area contributed by atoms with Crippen molar-refractivity contribution in [1.82, 2.24) is 4.98 Å². The highest BCUT2D eigenvalue weighted by Gasteiger charge is 2.18. The van der Waals surface area contributed by atoms with E-state index in [-0.39, 0.29) is 11.1 Å². The summed E-state index contributed by atoms with van der Waals surface area (Å²) in [5, 5.41) is 5.14. The number of aromatic nitrogens is 1. The maximum absolute atomic E-state index is 12.4. The van der Waals surface area contributed by atoms with Crippen LogP contribution in [0, 0.1) is 0 Å². The minimum absolute atomic E-state index is 0.108. The number of anilines is 1. The van der Waals surface area contributed by atoms with E-state index >= 15 is 0 Å². The third-order valence-electron chi connectivity index (χ3n) is 3.45. The van der Waals surface area contributed by atoms with Crippen LogP contribution >= 0.6 is 22.9 Å². The molecule has 0 fully saturated rings. The van der Waals surface area contributed by atoms with Crippen LogP contribution in [0.25, 0.3) is 0 Å². The number of pyridine rings is 1. The summed E-state index contributed by atoms with van der Waals surface area (Å²) >= 11 is 7.67. The Hall–Kier alpha value is -2.15. The lowest BCUT2D eigenvalue weighted by atomic mass is 10.3. The predicted octanol–water partition coefficient (Wildman–Crippen LogP) is 2.61. The molecule has 5 nitrogen and oxygen atoms in total. The summed E-state index contributed by atoms with van der Waals surface area (Å²) in [4.78, 5) is 18.7. The molecule has 124 valence electrons. The molecule has 0 radical (unpaired) electrons. The fraction of sp³-hybridized carbons (Fsp3) is 0.176. The summed E-state index contributed by atoms with van der Waals surface area (Å²) in [5.74, 6) is 0.747. The molecule has 3 aromatic rings. The van der Waals surface area contributed by atoms with E-state index in [1.165, 1.54) is 4.88 Å². The molecule has 1 amide bonds. The number of rotatable bonds is 7. The second-order valence-electron chi connectivity index (χ2n) is 5.33. The van der Waals surface area contributed by atoms with Gasteiger partial charge in [-0.2, -0.15) is 0 Å². The average molecular weight is 363 g/mol. The number of thiophene rings is 1. The van der Waals surface area contributed by atoms with Crippen LogP contribution in [0.4, 0.5) is 5.69 Å². The number of quaternary nitrogens is 1. The maximum atomic E-state index is 12.4. The van der Waals surface area contributed by atoms with Crippen molar-refractivity contribution in [2.75, 3.05) is 11.9 Å². The summed E-state index contributed by atoms with van der Waals surface area (Å²) in [6, 6.07) is 11.3. The molecule has 0 aliphatic rings. The number of carbonyl (C=O) groups is 1. The normalized spacial score (nSPS) is 12.0. The number of amides is 1. The van der Waals surface area contributed by atoms with Gasteiger partial charge in [0.15, 0.2) is 17.5 Å². The first-order valence-electron chi connectivity index (χ1n) is 7.49. The highest BCUT2D eigenvalue weighted by molar-refractivity contribution is 7.09. The second-order valence-corrected chi connectivity index (χ2v) is 6.72. The molecule has 3 heterocycles. The van der Waals surface area contributed by atoms with Crippen molar-refractivity contribution in [2.45, 2.75) is 13.1 Å². The summed E-state index contributed by atoms with van der Waals surface area (Å²) in [6.07, 6.45) is 3.23. The molecule has 3 rings (SSSR count). The predicted molar refractivity (Wildman–Crippen MR) is 94.1 cm³/mol. The topological polar surface area (TPSA) is 59.6 Å². The van der Waals surface area contributed by atoms with Gasteiger partial charge in [0.25, 0.3) is 5.91 Å². The Kier molecular flexibility index (Phi) is 5.63. The molecule has 24 heavy (non-hydrogen) atoms. The Bertz CT molecular complexity index is 739. The van der Waals surface area contributed by atoms with Gasteiger partial charge in [0.1, 0.15) is 13.1 Å². The highest BCUT2D eigenvalue weighted by Crippen LogP contribution is 2.16. The van der Waals surface area contributed by atoms with Crippen LogP contribution in [0.1, 0.15) is 10.6 Å². The molecular formula is C17H17ClN3O2S+. The zero-order valence-corrected chi connectivity index (χ0v) is 14.4. The van der Waals surface area contributed by atoms with Crippen molar-refractivity contribution in [1.29, 1.82) is 0 Å². The van der Waals surface area contributed by atoms with Gasteiger partial charge >= 0.3 is 0 Å². The molecule has 0 saturated heterocycles.